The molecule has 0 amide bonds. The van der Waals surface area contributed by atoms with Gasteiger partial charge >= 0.3 is 0 Å². The van der Waals surface area contributed by atoms with E-state index in [0.29, 0.717) is 23.4 Å². The highest BCUT2D eigenvalue weighted by Crippen LogP contribution is 2.29. The van der Waals surface area contributed by atoms with E-state index in [1.165, 1.54) is 11.8 Å². The number of nitrogen functional groups attached to an aromatic ring is 1. The Kier molecular flexibility index (Phi) is 3.53. The van der Waals surface area contributed by atoms with Crippen molar-refractivity contribution in [3.63, 3.8) is 0 Å². The topological polar surface area (TPSA) is 74.2 Å². The van der Waals surface area contributed by atoms with Crippen molar-refractivity contribution in [1.29, 1.82) is 0 Å². The first kappa shape index (κ1) is 11.8. The number of rotatable bonds is 4. The summed E-state index contributed by atoms with van der Waals surface area (Å²) >= 11 is 1.33. The Morgan fingerprint density at radius 1 is 1.41 bits per heavy atom. The van der Waals surface area contributed by atoms with Crippen molar-refractivity contribution in [3.05, 3.63) is 24.1 Å². The third-order valence-electron chi connectivity index (χ3n) is 1.94. The minimum atomic E-state index is 0.445. The summed E-state index contributed by atoms with van der Waals surface area (Å²) in [5.41, 5.74) is 7.11. The predicted octanol–water partition coefficient (Wildman–Crippen LogP) is 2.51. The number of nitrogens with zero attached hydrogens (tertiary/aromatic N) is 2. The van der Waals surface area contributed by atoms with E-state index in [9.17, 15) is 0 Å². The lowest BCUT2D eigenvalue weighted by Gasteiger charge is -2.06. The third-order valence-corrected chi connectivity index (χ3v) is 2.73. The molecular weight excluding hydrogens is 238 g/mol. The van der Waals surface area contributed by atoms with Gasteiger partial charge in [0.1, 0.15) is 11.3 Å². The van der Waals surface area contributed by atoms with Gasteiger partial charge in [0, 0.05) is 0 Å². The average molecular weight is 251 g/mol. The normalized spacial score (nSPS) is 10.5. The molecule has 0 saturated heterocycles. The van der Waals surface area contributed by atoms with Gasteiger partial charge in [-0.2, -0.15) is 0 Å². The first-order valence-electron chi connectivity index (χ1n) is 5.18. The van der Waals surface area contributed by atoms with Crippen LogP contribution in [0, 0.1) is 6.92 Å². The number of nitrogens with two attached hydrogens (primary N) is 1. The van der Waals surface area contributed by atoms with Crippen LogP contribution in [0.2, 0.25) is 0 Å². The molecule has 0 atom stereocenters. The van der Waals surface area contributed by atoms with Crippen molar-refractivity contribution < 1.29 is 9.15 Å². The largest absolute Gasteiger partial charge is 0.476 e. The minimum Gasteiger partial charge on any atom is -0.476 e. The van der Waals surface area contributed by atoms with E-state index in [0.717, 1.165) is 10.7 Å². The van der Waals surface area contributed by atoms with E-state index in [-0.39, 0.29) is 0 Å². The van der Waals surface area contributed by atoms with E-state index < -0.39 is 0 Å². The van der Waals surface area contributed by atoms with Gasteiger partial charge in [0.15, 0.2) is 0 Å². The molecule has 90 valence electrons. The third kappa shape index (κ3) is 2.91. The summed E-state index contributed by atoms with van der Waals surface area (Å²) in [6.07, 6.45) is 1.60. The summed E-state index contributed by atoms with van der Waals surface area (Å²) in [6.45, 7) is 4.29. The second kappa shape index (κ2) is 5.09. The standard InChI is InChI=1S/C11H13N3O2S/c1-3-15-10-8(12)4-5-9(14-10)17-11-13-7(2)6-16-11/h4-6H,3,12H2,1-2H3. The summed E-state index contributed by atoms with van der Waals surface area (Å²) < 4.78 is 10.6. The molecule has 5 nitrogen and oxygen atoms in total. The summed E-state index contributed by atoms with van der Waals surface area (Å²) in [6, 6.07) is 3.57. The van der Waals surface area contributed by atoms with Crippen LogP contribution in [0.5, 0.6) is 5.88 Å². The molecule has 0 aliphatic heterocycles. The van der Waals surface area contributed by atoms with E-state index in [1.807, 2.05) is 19.9 Å². The molecule has 0 bridgehead atoms. The van der Waals surface area contributed by atoms with Gasteiger partial charge in [0.25, 0.3) is 5.22 Å². The second-order valence-electron chi connectivity index (χ2n) is 3.33. The van der Waals surface area contributed by atoms with Crippen LogP contribution in [0.15, 0.2) is 33.1 Å². The highest BCUT2D eigenvalue weighted by molar-refractivity contribution is 7.99. The lowest BCUT2D eigenvalue weighted by molar-refractivity contribution is 0.326. The molecule has 0 aliphatic carbocycles. The first-order chi connectivity index (χ1) is 8.19. The van der Waals surface area contributed by atoms with Gasteiger partial charge in [0.2, 0.25) is 5.88 Å². The average Bonchev–Trinajstić information content (AvgIpc) is 2.69. The van der Waals surface area contributed by atoms with Gasteiger partial charge in [-0.25, -0.2) is 9.97 Å². The molecule has 2 rings (SSSR count). The van der Waals surface area contributed by atoms with Crippen LogP contribution in [-0.4, -0.2) is 16.6 Å². The number of hydrogen-bond acceptors (Lipinski definition) is 6. The maximum absolute atomic E-state index is 5.74. The maximum atomic E-state index is 5.74. The molecule has 0 aromatic carbocycles. The van der Waals surface area contributed by atoms with Crippen LogP contribution in [0.4, 0.5) is 5.69 Å². The number of anilines is 1. The molecule has 2 aromatic heterocycles. The molecule has 0 spiro atoms. The number of aromatic nitrogens is 2. The van der Waals surface area contributed by atoms with Crippen molar-refractivity contribution in [2.45, 2.75) is 24.1 Å². The van der Waals surface area contributed by atoms with Crippen LogP contribution in [0.1, 0.15) is 12.6 Å². The van der Waals surface area contributed by atoms with E-state index in [1.54, 1.807) is 12.3 Å². The smallest absolute Gasteiger partial charge is 0.262 e. The molecule has 0 aliphatic rings. The lowest BCUT2D eigenvalue weighted by Crippen LogP contribution is -1.99. The zero-order chi connectivity index (χ0) is 12.3. The van der Waals surface area contributed by atoms with E-state index in [2.05, 4.69) is 9.97 Å². The SMILES string of the molecule is CCOc1nc(Sc2nc(C)co2)ccc1N. The van der Waals surface area contributed by atoms with Crippen LogP contribution < -0.4 is 10.5 Å². The fourth-order valence-corrected chi connectivity index (χ4v) is 1.94. The second-order valence-corrected chi connectivity index (χ2v) is 4.31. The molecule has 0 radical (unpaired) electrons. The zero-order valence-corrected chi connectivity index (χ0v) is 10.5. The molecule has 6 heteroatoms. The molecule has 0 saturated carbocycles. The molecule has 2 aromatic rings. The lowest BCUT2D eigenvalue weighted by atomic mass is 10.4. The number of hydrogen-bond donors (Lipinski definition) is 1. The molecular formula is C11H13N3O2S. The summed E-state index contributed by atoms with van der Waals surface area (Å²) in [5.74, 6) is 0.445. The molecule has 2 N–H and O–H groups in total. The van der Waals surface area contributed by atoms with Crippen molar-refractivity contribution in [2.75, 3.05) is 12.3 Å². The van der Waals surface area contributed by atoms with Gasteiger partial charge in [-0.3, -0.25) is 0 Å². The van der Waals surface area contributed by atoms with E-state index in [4.69, 9.17) is 14.9 Å². The molecule has 17 heavy (non-hydrogen) atoms. The Morgan fingerprint density at radius 3 is 2.88 bits per heavy atom. The highest BCUT2D eigenvalue weighted by atomic mass is 32.2. The fraction of sp³-hybridized carbons (Fsp3) is 0.273. The predicted molar refractivity (Wildman–Crippen MR) is 65.2 cm³/mol. The highest BCUT2D eigenvalue weighted by Gasteiger charge is 2.08. The van der Waals surface area contributed by atoms with Gasteiger partial charge < -0.3 is 14.9 Å². The van der Waals surface area contributed by atoms with Crippen LogP contribution in [0.25, 0.3) is 0 Å². The Labute approximate surface area is 103 Å². The summed E-state index contributed by atoms with van der Waals surface area (Å²) in [7, 11) is 0. The summed E-state index contributed by atoms with van der Waals surface area (Å²) in [5, 5.41) is 1.30. The van der Waals surface area contributed by atoms with Crippen molar-refractivity contribution in [3.8, 4) is 5.88 Å². The van der Waals surface area contributed by atoms with Crippen molar-refractivity contribution >= 4 is 17.4 Å². The number of ether oxygens (including phenoxy) is 1. The number of aryl methyl sites for hydroxylation is 1. The van der Waals surface area contributed by atoms with E-state index >= 15 is 0 Å². The number of oxazole rings is 1. The van der Waals surface area contributed by atoms with Crippen LogP contribution in [0.3, 0.4) is 0 Å². The Bertz CT molecular complexity index is 513. The van der Waals surface area contributed by atoms with Gasteiger partial charge in [-0.15, -0.1) is 0 Å². The Balaban J connectivity index is 2.18. The first-order valence-corrected chi connectivity index (χ1v) is 6.00. The fourth-order valence-electron chi connectivity index (χ4n) is 1.21. The van der Waals surface area contributed by atoms with Gasteiger partial charge in [-0.1, -0.05) is 0 Å². The Morgan fingerprint density at radius 2 is 2.24 bits per heavy atom. The monoisotopic (exact) mass is 251 g/mol. The molecule has 0 unspecified atom stereocenters. The quantitative estimate of drug-likeness (QED) is 0.900. The molecule has 0 fully saturated rings. The Hall–Kier alpha value is -1.69. The van der Waals surface area contributed by atoms with Crippen molar-refractivity contribution in [2.24, 2.45) is 0 Å². The maximum Gasteiger partial charge on any atom is 0.262 e. The van der Waals surface area contributed by atoms with Gasteiger partial charge in [0.05, 0.1) is 18.0 Å². The zero-order valence-electron chi connectivity index (χ0n) is 9.64. The van der Waals surface area contributed by atoms with Crippen molar-refractivity contribution in [1.82, 2.24) is 9.97 Å². The van der Waals surface area contributed by atoms with Crippen LogP contribution >= 0.6 is 11.8 Å². The van der Waals surface area contributed by atoms with Gasteiger partial charge in [-0.05, 0) is 37.7 Å². The summed E-state index contributed by atoms with van der Waals surface area (Å²) in [4.78, 5) is 8.47. The number of pyridine rings is 1. The molecule has 2 heterocycles. The van der Waals surface area contributed by atoms with Crippen LogP contribution in [-0.2, 0) is 0 Å². The minimum absolute atomic E-state index is 0.445.